The minimum Gasteiger partial charge on any atom is -0.311 e. The van der Waals surface area contributed by atoms with Crippen LogP contribution in [0.2, 0.25) is 0 Å². The highest BCUT2D eigenvalue weighted by atomic mass is 19.4. The van der Waals surface area contributed by atoms with Crippen molar-refractivity contribution in [1.82, 2.24) is 5.32 Å². The van der Waals surface area contributed by atoms with Gasteiger partial charge in [-0.05, 0) is 32.1 Å². The number of unbranched alkanes of at least 4 members (excludes halogenated alkanes) is 1. The SMILES string of the molecule is CCCCC(CC)NC1CCCC(C(F)(F)F)C1. The fourth-order valence-electron chi connectivity index (χ4n) is 2.83. The van der Waals surface area contributed by atoms with Crippen molar-refractivity contribution < 1.29 is 13.2 Å². The van der Waals surface area contributed by atoms with Crippen LogP contribution in [0.5, 0.6) is 0 Å². The first-order chi connectivity index (χ1) is 8.47. The molecule has 1 rings (SSSR count). The molecule has 3 unspecified atom stereocenters. The summed E-state index contributed by atoms with van der Waals surface area (Å²) in [6, 6.07) is 0.453. The molecule has 3 atom stereocenters. The Morgan fingerprint density at radius 3 is 2.50 bits per heavy atom. The summed E-state index contributed by atoms with van der Waals surface area (Å²) in [5.74, 6) is -1.09. The van der Waals surface area contributed by atoms with E-state index in [9.17, 15) is 13.2 Å². The number of hydrogen-bond acceptors (Lipinski definition) is 1. The van der Waals surface area contributed by atoms with Crippen molar-refractivity contribution >= 4 is 0 Å². The first kappa shape index (κ1) is 15.8. The zero-order valence-electron chi connectivity index (χ0n) is 11.5. The third kappa shape index (κ3) is 5.17. The van der Waals surface area contributed by atoms with Gasteiger partial charge >= 0.3 is 6.18 Å². The van der Waals surface area contributed by atoms with E-state index in [1.807, 2.05) is 0 Å². The third-order valence-corrected chi connectivity index (χ3v) is 4.01. The Morgan fingerprint density at radius 2 is 1.94 bits per heavy atom. The zero-order chi connectivity index (χ0) is 13.6. The fraction of sp³-hybridized carbons (Fsp3) is 1.00. The first-order valence-electron chi connectivity index (χ1n) is 7.30. The Morgan fingerprint density at radius 1 is 1.22 bits per heavy atom. The molecule has 0 spiro atoms. The summed E-state index contributed by atoms with van der Waals surface area (Å²) in [4.78, 5) is 0. The predicted molar refractivity (Wildman–Crippen MR) is 68.5 cm³/mol. The Balaban J connectivity index is 2.41. The Bertz CT molecular complexity index is 228. The summed E-state index contributed by atoms with van der Waals surface area (Å²) in [6.45, 7) is 4.25. The molecule has 0 heterocycles. The Kier molecular flexibility index (Phi) is 6.47. The van der Waals surface area contributed by atoms with Gasteiger partial charge < -0.3 is 5.32 Å². The van der Waals surface area contributed by atoms with Gasteiger partial charge in [-0.2, -0.15) is 13.2 Å². The molecule has 18 heavy (non-hydrogen) atoms. The maximum Gasteiger partial charge on any atom is 0.391 e. The second-order valence-electron chi connectivity index (χ2n) is 5.52. The molecule has 0 aromatic heterocycles. The van der Waals surface area contributed by atoms with Crippen molar-refractivity contribution in [2.24, 2.45) is 5.92 Å². The molecular weight excluding hydrogens is 239 g/mol. The smallest absolute Gasteiger partial charge is 0.311 e. The minimum atomic E-state index is -4.01. The number of hydrogen-bond donors (Lipinski definition) is 1. The van der Waals surface area contributed by atoms with Crippen molar-refractivity contribution in [2.45, 2.75) is 83.5 Å². The summed E-state index contributed by atoms with van der Waals surface area (Å²) >= 11 is 0. The molecule has 0 aromatic rings. The molecule has 0 saturated heterocycles. The molecule has 1 aliphatic carbocycles. The zero-order valence-corrected chi connectivity index (χ0v) is 11.5. The highest BCUT2D eigenvalue weighted by molar-refractivity contribution is 4.83. The lowest BCUT2D eigenvalue weighted by Crippen LogP contribution is -2.43. The van der Waals surface area contributed by atoms with Crippen LogP contribution in [0.15, 0.2) is 0 Å². The van der Waals surface area contributed by atoms with Crippen LogP contribution >= 0.6 is 0 Å². The maximum absolute atomic E-state index is 12.7. The van der Waals surface area contributed by atoms with Gasteiger partial charge in [0.15, 0.2) is 0 Å². The van der Waals surface area contributed by atoms with E-state index in [0.29, 0.717) is 18.9 Å². The standard InChI is InChI=1S/C14H26F3N/c1-3-5-8-12(4-2)18-13-9-6-7-11(10-13)14(15,16)17/h11-13,18H,3-10H2,1-2H3. The van der Waals surface area contributed by atoms with Crippen LogP contribution in [0.1, 0.15) is 65.2 Å². The largest absolute Gasteiger partial charge is 0.391 e. The van der Waals surface area contributed by atoms with E-state index in [4.69, 9.17) is 0 Å². The number of halogens is 3. The van der Waals surface area contributed by atoms with E-state index in [-0.39, 0.29) is 12.5 Å². The lowest BCUT2D eigenvalue weighted by Gasteiger charge is -2.33. The van der Waals surface area contributed by atoms with Gasteiger partial charge in [0.1, 0.15) is 0 Å². The molecule has 0 aromatic carbocycles. The molecule has 1 saturated carbocycles. The summed E-state index contributed by atoms with van der Waals surface area (Å²) in [7, 11) is 0. The van der Waals surface area contributed by atoms with Crippen LogP contribution in [0.25, 0.3) is 0 Å². The van der Waals surface area contributed by atoms with E-state index >= 15 is 0 Å². The minimum absolute atomic E-state index is 0.0622. The average molecular weight is 265 g/mol. The van der Waals surface area contributed by atoms with Gasteiger partial charge in [-0.15, -0.1) is 0 Å². The normalized spacial score (nSPS) is 27.2. The monoisotopic (exact) mass is 265 g/mol. The van der Waals surface area contributed by atoms with E-state index < -0.39 is 12.1 Å². The fourth-order valence-corrected chi connectivity index (χ4v) is 2.83. The highest BCUT2D eigenvalue weighted by Gasteiger charge is 2.42. The molecule has 0 bridgehead atoms. The molecule has 1 N–H and O–H groups in total. The molecule has 0 radical (unpaired) electrons. The van der Waals surface area contributed by atoms with Gasteiger partial charge in [-0.3, -0.25) is 0 Å². The van der Waals surface area contributed by atoms with Crippen molar-refractivity contribution in [2.75, 3.05) is 0 Å². The topological polar surface area (TPSA) is 12.0 Å². The van der Waals surface area contributed by atoms with Gasteiger partial charge in [-0.25, -0.2) is 0 Å². The van der Waals surface area contributed by atoms with Gasteiger partial charge in [0, 0.05) is 12.1 Å². The summed E-state index contributed by atoms with van der Waals surface area (Å²) in [5.41, 5.74) is 0. The number of nitrogens with one attached hydrogen (secondary N) is 1. The van der Waals surface area contributed by atoms with Crippen LogP contribution in [-0.2, 0) is 0 Å². The van der Waals surface area contributed by atoms with Crippen LogP contribution < -0.4 is 5.32 Å². The van der Waals surface area contributed by atoms with Crippen LogP contribution in [-0.4, -0.2) is 18.3 Å². The van der Waals surface area contributed by atoms with Crippen molar-refractivity contribution in [3.63, 3.8) is 0 Å². The molecule has 1 aliphatic rings. The second kappa shape index (κ2) is 7.37. The molecule has 4 heteroatoms. The van der Waals surface area contributed by atoms with Crippen molar-refractivity contribution in [3.05, 3.63) is 0 Å². The summed E-state index contributed by atoms with van der Waals surface area (Å²) in [5, 5.41) is 3.44. The third-order valence-electron chi connectivity index (χ3n) is 4.01. The van der Waals surface area contributed by atoms with Gasteiger partial charge in [0.05, 0.1) is 5.92 Å². The lowest BCUT2D eigenvalue weighted by atomic mass is 9.84. The van der Waals surface area contributed by atoms with Crippen LogP contribution in [0.4, 0.5) is 13.2 Å². The predicted octanol–water partition coefficient (Wildman–Crippen LogP) is 4.67. The van der Waals surface area contributed by atoms with Crippen molar-refractivity contribution in [3.8, 4) is 0 Å². The van der Waals surface area contributed by atoms with E-state index in [2.05, 4.69) is 19.2 Å². The Hall–Kier alpha value is -0.250. The van der Waals surface area contributed by atoms with Gasteiger partial charge in [0.25, 0.3) is 0 Å². The van der Waals surface area contributed by atoms with Crippen LogP contribution in [0, 0.1) is 5.92 Å². The summed E-state index contributed by atoms with van der Waals surface area (Å²) < 4.78 is 38.1. The van der Waals surface area contributed by atoms with Crippen LogP contribution in [0.3, 0.4) is 0 Å². The van der Waals surface area contributed by atoms with E-state index in [1.165, 1.54) is 0 Å². The quantitative estimate of drug-likeness (QED) is 0.736. The van der Waals surface area contributed by atoms with Gasteiger partial charge in [0.2, 0.25) is 0 Å². The molecular formula is C14H26F3N. The Labute approximate surface area is 109 Å². The molecule has 108 valence electrons. The molecule has 1 nitrogen and oxygen atoms in total. The first-order valence-corrected chi connectivity index (χ1v) is 7.30. The summed E-state index contributed by atoms with van der Waals surface area (Å²) in [6.07, 6.45) is 2.56. The second-order valence-corrected chi connectivity index (χ2v) is 5.52. The highest BCUT2D eigenvalue weighted by Crippen LogP contribution is 2.37. The average Bonchev–Trinajstić information content (AvgIpc) is 2.33. The number of rotatable bonds is 6. The van der Waals surface area contributed by atoms with Gasteiger partial charge in [-0.1, -0.05) is 33.1 Å². The molecule has 0 aliphatic heterocycles. The maximum atomic E-state index is 12.7. The number of alkyl halides is 3. The van der Waals surface area contributed by atoms with Crippen molar-refractivity contribution in [1.29, 1.82) is 0 Å². The molecule has 0 amide bonds. The lowest BCUT2D eigenvalue weighted by molar-refractivity contribution is -0.183. The van der Waals surface area contributed by atoms with E-state index in [1.54, 1.807) is 0 Å². The molecule has 1 fully saturated rings. The van der Waals surface area contributed by atoms with E-state index in [0.717, 1.165) is 32.1 Å².